The fourth-order valence-corrected chi connectivity index (χ4v) is 3.65. The van der Waals surface area contributed by atoms with E-state index in [0.29, 0.717) is 5.56 Å². The van der Waals surface area contributed by atoms with Crippen molar-refractivity contribution in [1.29, 1.82) is 0 Å². The molecule has 1 saturated heterocycles. The van der Waals surface area contributed by atoms with Gasteiger partial charge in [0.2, 0.25) is 0 Å². The first-order valence-electron chi connectivity index (χ1n) is 7.95. The van der Waals surface area contributed by atoms with Crippen LogP contribution in [0.25, 0.3) is 0 Å². The summed E-state index contributed by atoms with van der Waals surface area (Å²) in [6.07, 6.45) is 3.04. The molecule has 146 valence electrons. The number of carbonyl (C=O) groups is 1. The van der Waals surface area contributed by atoms with Crippen molar-refractivity contribution >= 4 is 13.6 Å². The molecule has 9 nitrogen and oxygen atoms in total. The van der Waals surface area contributed by atoms with Gasteiger partial charge in [-0.2, -0.15) is 4.57 Å². The lowest BCUT2D eigenvalue weighted by Crippen LogP contribution is -2.69. The summed E-state index contributed by atoms with van der Waals surface area (Å²) in [5.41, 5.74) is -6.72. The molecule has 1 aliphatic rings. The molecule has 1 aromatic heterocycles. The third-order valence-electron chi connectivity index (χ3n) is 5.51. The lowest BCUT2D eigenvalue weighted by molar-refractivity contribution is -0.818. The Hall–Kier alpha value is -1.19. The molecule has 1 aromatic rings. The van der Waals surface area contributed by atoms with Crippen molar-refractivity contribution in [2.45, 2.75) is 57.1 Å². The minimum Gasteiger partial charge on any atom is -0.384 e. The van der Waals surface area contributed by atoms with Crippen LogP contribution in [-0.2, 0) is 19.6 Å². The number of aromatic nitrogens is 1. The highest BCUT2D eigenvalue weighted by Crippen LogP contribution is 2.53. The highest BCUT2D eigenvalue weighted by molar-refractivity contribution is 7.46. The largest absolute Gasteiger partial charge is 0.469 e. The Labute approximate surface area is 151 Å². The molecule has 4 N–H and O–H groups in total. The van der Waals surface area contributed by atoms with Gasteiger partial charge in [0.1, 0.15) is 11.2 Å². The van der Waals surface area contributed by atoms with Crippen molar-refractivity contribution in [1.82, 2.24) is 0 Å². The number of pyridine rings is 1. The molecule has 1 aliphatic heterocycles. The van der Waals surface area contributed by atoms with Crippen molar-refractivity contribution in [3.63, 3.8) is 0 Å². The Morgan fingerprint density at radius 2 is 1.81 bits per heavy atom. The summed E-state index contributed by atoms with van der Waals surface area (Å²) in [7, 11) is -4.82. The van der Waals surface area contributed by atoms with Crippen molar-refractivity contribution < 1.29 is 43.2 Å². The SMILES string of the molecule is CC(=O)c1ccc[n+]([C@]2(C)O[C@](C)(COP(=O)(O)O)C(C)(O)[C@]2(C)O)c1. The quantitative estimate of drug-likeness (QED) is 0.319. The number of carbonyl (C=O) groups excluding carboxylic acids is 1. The predicted molar refractivity (Wildman–Crippen MR) is 89.0 cm³/mol. The van der Waals surface area contributed by atoms with Crippen LogP contribution < -0.4 is 4.57 Å². The van der Waals surface area contributed by atoms with Crippen LogP contribution in [0.1, 0.15) is 45.0 Å². The van der Waals surface area contributed by atoms with Gasteiger partial charge in [-0.1, -0.05) is 0 Å². The third kappa shape index (κ3) is 3.14. The zero-order valence-corrected chi connectivity index (χ0v) is 16.2. The van der Waals surface area contributed by atoms with Crippen molar-refractivity contribution in [2.24, 2.45) is 0 Å². The van der Waals surface area contributed by atoms with Gasteiger partial charge in [-0.3, -0.25) is 9.32 Å². The molecule has 10 heteroatoms. The first-order chi connectivity index (χ1) is 11.6. The fourth-order valence-electron chi connectivity index (χ4n) is 3.23. The Balaban J connectivity index is 2.55. The summed E-state index contributed by atoms with van der Waals surface area (Å²) in [6, 6.07) is 3.19. The topological polar surface area (TPSA) is 137 Å². The zero-order chi connectivity index (χ0) is 20.2. The second kappa shape index (κ2) is 6.17. The standard InChI is InChI=1S/C16H24NO8P/c1-11(18)12-7-6-8-17(9-12)16(5)15(4,20)14(3,19)13(2,25-16)10-24-26(21,22)23/h6-9,19-20H,10H2,1-5H3,(H-,21,22,23)/p+1/t13-,14?,15+,16-/m1/s1. The lowest BCUT2D eigenvalue weighted by Gasteiger charge is -2.39. The van der Waals surface area contributed by atoms with Crippen LogP contribution in [0.5, 0.6) is 0 Å². The molecule has 0 amide bonds. The van der Waals surface area contributed by atoms with Gasteiger partial charge in [-0.05, 0) is 33.8 Å². The average Bonchev–Trinajstić information content (AvgIpc) is 2.61. The minimum atomic E-state index is -4.82. The van der Waals surface area contributed by atoms with E-state index in [1.807, 2.05) is 0 Å². The molecule has 26 heavy (non-hydrogen) atoms. The predicted octanol–water partition coefficient (Wildman–Crippen LogP) is 0.250. The number of rotatable bonds is 5. The number of phosphoric acid groups is 1. The molecule has 0 aromatic carbocycles. The maximum absolute atomic E-state index is 11.7. The van der Waals surface area contributed by atoms with Crippen molar-refractivity contribution in [3.8, 4) is 0 Å². The highest BCUT2D eigenvalue weighted by Gasteiger charge is 2.77. The Morgan fingerprint density at radius 3 is 2.31 bits per heavy atom. The van der Waals surface area contributed by atoms with Gasteiger partial charge in [0, 0.05) is 13.0 Å². The number of phosphoric ester groups is 1. The van der Waals surface area contributed by atoms with Crippen LogP contribution in [0.3, 0.4) is 0 Å². The normalized spacial score (nSPS) is 37.7. The molecule has 0 bridgehead atoms. The van der Waals surface area contributed by atoms with Gasteiger partial charge < -0.3 is 24.7 Å². The molecule has 0 spiro atoms. The minimum absolute atomic E-state index is 0.194. The molecule has 2 heterocycles. The van der Waals surface area contributed by atoms with Gasteiger partial charge in [-0.15, -0.1) is 0 Å². The van der Waals surface area contributed by atoms with E-state index in [1.165, 1.54) is 45.4 Å². The second-order valence-corrected chi connectivity index (χ2v) is 8.52. The van der Waals surface area contributed by atoms with Crippen LogP contribution in [0.15, 0.2) is 24.5 Å². The van der Waals surface area contributed by atoms with E-state index in [9.17, 15) is 19.6 Å². The fraction of sp³-hybridized carbons (Fsp3) is 0.625. The van der Waals surface area contributed by atoms with E-state index in [4.69, 9.17) is 14.5 Å². The number of Topliss-reactive ketones (excluding diaryl/α,β-unsaturated/α-hetero) is 1. The highest BCUT2D eigenvalue weighted by atomic mass is 31.2. The Kier molecular flexibility index (Phi) is 5.01. The van der Waals surface area contributed by atoms with Gasteiger partial charge in [0.15, 0.2) is 23.8 Å². The third-order valence-corrected chi connectivity index (χ3v) is 5.98. The first kappa shape index (κ1) is 21.1. The van der Waals surface area contributed by atoms with E-state index in [2.05, 4.69) is 4.52 Å². The summed E-state index contributed by atoms with van der Waals surface area (Å²) >= 11 is 0. The number of ketones is 1. The maximum Gasteiger partial charge on any atom is 0.469 e. The van der Waals surface area contributed by atoms with Crippen LogP contribution in [0, 0.1) is 0 Å². The lowest BCUT2D eigenvalue weighted by atomic mass is 9.73. The Morgan fingerprint density at radius 1 is 1.23 bits per heavy atom. The summed E-state index contributed by atoms with van der Waals surface area (Å²) in [5, 5.41) is 22.2. The van der Waals surface area contributed by atoms with Crippen LogP contribution in [0.2, 0.25) is 0 Å². The summed E-state index contributed by atoms with van der Waals surface area (Å²) in [5.74, 6) is -0.194. The molecule has 1 fully saturated rings. The molecular formula is C16H25NO8P+. The number of nitrogens with zero attached hydrogens (tertiary/aromatic N) is 1. The van der Waals surface area contributed by atoms with E-state index in [-0.39, 0.29) is 5.78 Å². The molecule has 2 rings (SSSR count). The summed E-state index contributed by atoms with van der Waals surface area (Å²) in [4.78, 5) is 29.6. The Bertz CT molecular complexity index is 773. The van der Waals surface area contributed by atoms with E-state index < -0.39 is 37.0 Å². The maximum atomic E-state index is 11.7. The second-order valence-electron chi connectivity index (χ2n) is 7.28. The van der Waals surface area contributed by atoms with Crippen LogP contribution in [0.4, 0.5) is 0 Å². The van der Waals surface area contributed by atoms with Gasteiger partial charge in [-0.25, -0.2) is 4.57 Å². The molecule has 0 aliphatic carbocycles. The average molecular weight is 390 g/mol. The van der Waals surface area contributed by atoms with E-state index in [1.54, 1.807) is 18.3 Å². The zero-order valence-electron chi connectivity index (χ0n) is 15.3. The van der Waals surface area contributed by atoms with E-state index >= 15 is 0 Å². The number of ether oxygens (including phenoxy) is 1. The monoisotopic (exact) mass is 390 g/mol. The van der Waals surface area contributed by atoms with Crippen molar-refractivity contribution in [3.05, 3.63) is 30.1 Å². The smallest absolute Gasteiger partial charge is 0.384 e. The summed E-state index contributed by atoms with van der Waals surface area (Å²) < 4.78 is 23.0. The van der Waals surface area contributed by atoms with Crippen LogP contribution in [-0.4, -0.2) is 49.2 Å². The molecule has 1 unspecified atom stereocenters. The molecule has 4 atom stereocenters. The van der Waals surface area contributed by atoms with E-state index in [0.717, 1.165) is 0 Å². The van der Waals surface area contributed by atoms with Crippen molar-refractivity contribution in [2.75, 3.05) is 6.61 Å². The number of hydrogen-bond donors (Lipinski definition) is 4. The number of aliphatic hydroxyl groups is 2. The van der Waals surface area contributed by atoms with Gasteiger partial charge in [0.05, 0.1) is 12.2 Å². The summed E-state index contributed by atoms with van der Waals surface area (Å²) in [6.45, 7) is 6.28. The molecule has 0 radical (unpaired) electrons. The molecule has 0 saturated carbocycles. The van der Waals surface area contributed by atoms with Gasteiger partial charge >= 0.3 is 13.5 Å². The number of hydrogen-bond acceptors (Lipinski definition) is 6. The first-order valence-corrected chi connectivity index (χ1v) is 9.48. The van der Waals surface area contributed by atoms with Gasteiger partial charge in [0.25, 0.3) is 0 Å². The van der Waals surface area contributed by atoms with Crippen LogP contribution >= 0.6 is 7.82 Å². The molecular weight excluding hydrogens is 365 g/mol.